The Balaban J connectivity index is 2.57. The second kappa shape index (κ2) is 5.48. The zero-order valence-corrected chi connectivity index (χ0v) is 13.0. The standard InChI is InChI=1S/C16H22N2O3/c1-10(2)16(3)8-13(19)18(15(16)20)14-11(9-17)6-5-7-12(14)21-4/h5-7,10H,8-9,17H2,1-4H3. The van der Waals surface area contributed by atoms with E-state index in [0.29, 0.717) is 11.4 Å². The molecule has 0 radical (unpaired) electrons. The summed E-state index contributed by atoms with van der Waals surface area (Å²) in [5.74, 6) is 0.194. The molecular weight excluding hydrogens is 268 g/mol. The van der Waals surface area contributed by atoms with Crippen molar-refractivity contribution in [3.63, 3.8) is 0 Å². The Kier molecular flexibility index (Phi) is 4.05. The molecule has 1 saturated heterocycles. The van der Waals surface area contributed by atoms with Crippen LogP contribution < -0.4 is 15.4 Å². The predicted octanol–water partition coefficient (Wildman–Crippen LogP) is 2.08. The van der Waals surface area contributed by atoms with E-state index in [-0.39, 0.29) is 30.7 Å². The van der Waals surface area contributed by atoms with E-state index >= 15 is 0 Å². The van der Waals surface area contributed by atoms with E-state index in [1.54, 1.807) is 12.1 Å². The summed E-state index contributed by atoms with van der Waals surface area (Å²) in [5, 5.41) is 0. The average Bonchev–Trinajstić information content (AvgIpc) is 2.69. The lowest BCUT2D eigenvalue weighted by atomic mass is 9.78. The Hall–Kier alpha value is -1.88. The average molecular weight is 290 g/mol. The third-order valence-electron chi connectivity index (χ3n) is 4.48. The van der Waals surface area contributed by atoms with Crippen LogP contribution >= 0.6 is 0 Å². The number of imide groups is 1. The van der Waals surface area contributed by atoms with Crippen molar-refractivity contribution >= 4 is 17.5 Å². The number of carbonyl (C=O) groups is 2. The fraction of sp³-hybridized carbons (Fsp3) is 0.500. The van der Waals surface area contributed by atoms with Gasteiger partial charge in [0.25, 0.3) is 0 Å². The van der Waals surface area contributed by atoms with Crippen molar-refractivity contribution in [1.29, 1.82) is 0 Å². The number of anilines is 1. The molecular formula is C16H22N2O3. The smallest absolute Gasteiger partial charge is 0.240 e. The maximum atomic E-state index is 12.8. The number of hydrogen-bond donors (Lipinski definition) is 1. The Morgan fingerprint density at radius 3 is 2.52 bits per heavy atom. The highest BCUT2D eigenvalue weighted by Crippen LogP contribution is 2.44. The van der Waals surface area contributed by atoms with Gasteiger partial charge in [-0.05, 0) is 24.5 Å². The van der Waals surface area contributed by atoms with Gasteiger partial charge in [-0.3, -0.25) is 9.59 Å². The molecule has 0 bridgehead atoms. The molecule has 0 aromatic heterocycles. The van der Waals surface area contributed by atoms with Crippen LogP contribution in [0.5, 0.6) is 5.75 Å². The van der Waals surface area contributed by atoms with E-state index in [0.717, 1.165) is 5.56 Å². The summed E-state index contributed by atoms with van der Waals surface area (Å²) < 4.78 is 5.32. The van der Waals surface area contributed by atoms with Gasteiger partial charge in [0.2, 0.25) is 11.8 Å². The van der Waals surface area contributed by atoms with Gasteiger partial charge in [0.1, 0.15) is 5.75 Å². The molecule has 0 spiro atoms. The Morgan fingerprint density at radius 2 is 2.05 bits per heavy atom. The largest absolute Gasteiger partial charge is 0.495 e. The summed E-state index contributed by atoms with van der Waals surface area (Å²) in [5.41, 5.74) is 6.29. The number of methoxy groups -OCH3 is 1. The van der Waals surface area contributed by atoms with Crippen LogP contribution in [0.25, 0.3) is 0 Å². The van der Waals surface area contributed by atoms with Crippen molar-refractivity contribution in [2.24, 2.45) is 17.1 Å². The van der Waals surface area contributed by atoms with Gasteiger partial charge in [-0.25, -0.2) is 4.90 Å². The molecule has 21 heavy (non-hydrogen) atoms. The van der Waals surface area contributed by atoms with E-state index in [2.05, 4.69) is 0 Å². The first-order valence-corrected chi connectivity index (χ1v) is 7.10. The van der Waals surface area contributed by atoms with Crippen LogP contribution in [0.1, 0.15) is 32.8 Å². The molecule has 2 N–H and O–H groups in total. The first-order valence-electron chi connectivity index (χ1n) is 7.10. The molecule has 5 heteroatoms. The molecule has 1 aromatic rings. The van der Waals surface area contributed by atoms with Gasteiger partial charge >= 0.3 is 0 Å². The van der Waals surface area contributed by atoms with Crippen LogP contribution in [-0.2, 0) is 16.1 Å². The molecule has 0 saturated carbocycles. The highest BCUT2D eigenvalue weighted by Gasteiger charge is 2.51. The molecule has 1 heterocycles. The summed E-state index contributed by atoms with van der Waals surface area (Å²) in [6.07, 6.45) is 0.214. The lowest BCUT2D eigenvalue weighted by Crippen LogP contribution is -2.37. The molecule has 2 amide bonds. The number of nitrogens with zero attached hydrogens (tertiary/aromatic N) is 1. The van der Waals surface area contributed by atoms with E-state index in [9.17, 15) is 9.59 Å². The van der Waals surface area contributed by atoms with Crippen molar-refractivity contribution in [3.05, 3.63) is 23.8 Å². The monoisotopic (exact) mass is 290 g/mol. The summed E-state index contributed by atoms with van der Waals surface area (Å²) in [6, 6.07) is 5.35. The zero-order chi connectivity index (χ0) is 15.8. The molecule has 1 aliphatic rings. The Morgan fingerprint density at radius 1 is 1.38 bits per heavy atom. The molecule has 2 rings (SSSR count). The number of nitrogens with two attached hydrogens (primary N) is 1. The SMILES string of the molecule is COc1cccc(CN)c1N1C(=O)CC(C)(C(C)C)C1=O. The highest BCUT2D eigenvalue weighted by molar-refractivity contribution is 6.23. The third-order valence-corrected chi connectivity index (χ3v) is 4.48. The molecule has 1 aliphatic heterocycles. The normalized spacial score (nSPS) is 22.3. The zero-order valence-electron chi connectivity index (χ0n) is 13.0. The molecule has 1 unspecified atom stereocenters. The summed E-state index contributed by atoms with van der Waals surface area (Å²) in [6.45, 7) is 6.00. The lowest BCUT2D eigenvalue weighted by Gasteiger charge is -2.27. The van der Waals surface area contributed by atoms with E-state index in [1.807, 2.05) is 26.8 Å². The van der Waals surface area contributed by atoms with Gasteiger partial charge in [0.15, 0.2) is 0 Å². The van der Waals surface area contributed by atoms with Gasteiger partial charge in [-0.15, -0.1) is 0 Å². The van der Waals surface area contributed by atoms with Gasteiger partial charge < -0.3 is 10.5 Å². The number of benzene rings is 1. The number of carbonyl (C=O) groups excluding carboxylic acids is 2. The van der Waals surface area contributed by atoms with Crippen LogP contribution in [0.3, 0.4) is 0 Å². The van der Waals surface area contributed by atoms with Crippen LogP contribution in [0.15, 0.2) is 18.2 Å². The topological polar surface area (TPSA) is 72.6 Å². The fourth-order valence-corrected chi connectivity index (χ4v) is 2.67. The number of hydrogen-bond acceptors (Lipinski definition) is 4. The number of para-hydroxylation sites is 1. The van der Waals surface area contributed by atoms with Crippen molar-refractivity contribution in [3.8, 4) is 5.75 Å². The minimum absolute atomic E-state index is 0.0787. The lowest BCUT2D eigenvalue weighted by molar-refractivity contribution is -0.126. The number of ether oxygens (including phenoxy) is 1. The van der Waals surface area contributed by atoms with Gasteiger partial charge in [0.05, 0.1) is 18.2 Å². The molecule has 1 atom stereocenters. The fourth-order valence-electron chi connectivity index (χ4n) is 2.67. The van der Waals surface area contributed by atoms with E-state index in [1.165, 1.54) is 12.0 Å². The maximum Gasteiger partial charge on any atom is 0.240 e. The molecule has 114 valence electrons. The number of rotatable bonds is 4. The van der Waals surface area contributed by atoms with Crippen LogP contribution in [0.2, 0.25) is 0 Å². The van der Waals surface area contributed by atoms with Crippen molar-refractivity contribution in [2.45, 2.75) is 33.7 Å². The van der Waals surface area contributed by atoms with Crippen molar-refractivity contribution in [2.75, 3.05) is 12.0 Å². The summed E-state index contributed by atoms with van der Waals surface area (Å²) in [4.78, 5) is 26.5. The molecule has 0 aliphatic carbocycles. The molecule has 5 nitrogen and oxygen atoms in total. The Labute approximate surface area is 125 Å². The molecule has 1 fully saturated rings. The maximum absolute atomic E-state index is 12.8. The third kappa shape index (κ3) is 2.31. The first kappa shape index (κ1) is 15.5. The number of amides is 2. The van der Waals surface area contributed by atoms with E-state index in [4.69, 9.17) is 10.5 Å². The quantitative estimate of drug-likeness (QED) is 0.862. The van der Waals surface area contributed by atoms with Crippen LogP contribution in [-0.4, -0.2) is 18.9 Å². The van der Waals surface area contributed by atoms with Crippen molar-refractivity contribution < 1.29 is 14.3 Å². The Bertz CT molecular complexity index is 561. The second-order valence-electron chi connectivity index (χ2n) is 5.96. The summed E-state index contributed by atoms with van der Waals surface area (Å²) in [7, 11) is 1.52. The van der Waals surface area contributed by atoms with Gasteiger partial charge in [-0.1, -0.05) is 26.0 Å². The second-order valence-corrected chi connectivity index (χ2v) is 5.96. The predicted molar refractivity (Wildman–Crippen MR) is 80.9 cm³/mol. The minimum atomic E-state index is -0.677. The summed E-state index contributed by atoms with van der Waals surface area (Å²) >= 11 is 0. The van der Waals surface area contributed by atoms with Gasteiger partial charge in [-0.2, -0.15) is 0 Å². The van der Waals surface area contributed by atoms with Gasteiger partial charge in [0, 0.05) is 13.0 Å². The highest BCUT2D eigenvalue weighted by atomic mass is 16.5. The minimum Gasteiger partial charge on any atom is -0.495 e. The molecule has 1 aromatic carbocycles. The van der Waals surface area contributed by atoms with E-state index < -0.39 is 5.41 Å². The first-order chi connectivity index (χ1) is 9.86. The van der Waals surface area contributed by atoms with Crippen LogP contribution in [0.4, 0.5) is 5.69 Å². The van der Waals surface area contributed by atoms with Crippen molar-refractivity contribution in [1.82, 2.24) is 0 Å². The van der Waals surface area contributed by atoms with Crippen LogP contribution in [0, 0.1) is 11.3 Å².